The van der Waals surface area contributed by atoms with E-state index in [-0.39, 0.29) is 12.5 Å². The molecule has 0 amide bonds. The van der Waals surface area contributed by atoms with Gasteiger partial charge in [-0.1, -0.05) is 29.8 Å². The van der Waals surface area contributed by atoms with Gasteiger partial charge in [0.1, 0.15) is 5.82 Å². The number of hydrogen-bond acceptors (Lipinski definition) is 2. The largest absolute Gasteiger partial charge is 0.396 e. The lowest BCUT2D eigenvalue weighted by Gasteiger charge is -2.23. The Bertz CT molecular complexity index is 579. The zero-order valence-electron chi connectivity index (χ0n) is 10.7. The minimum Gasteiger partial charge on any atom is -0.396 e. The van der Waals surface area contributed by atoms with Gasteiger partial charge in [0, 0.05) is 35.8 Å². The standard InChI is InChI=1S/C15H17ClN2O/c16-13-6-2-1-4-11(13)8-15-17-9-14-12(10-19)5-3-7-18(14)15/h1-2,4,6,9,12,19H,3,5,7-8,10H2. The first-order chi connectivity index (χ1) is 9.29. The quantitative estimate of drug-likeness (QED) is 0.936. The van der Waals surface area contributed by atoms with Gasteiger partial charge in [0.2, 0.25) is 0 Å². The fourth-order valence-corrected chi connectivity index (χ4v) is 3.00. The number of aliphatic hydroxyl groups excluding tert-OH is 1. The number of rotatable bonds is 3. The Balaban J connectivity index is 1.91. The zero-order chi connectivity index (χ0) is 13.2. The van der Waals surface area contributed by atoms with Gasteiger partial charge in [0.05, 0.1) is 6.61 Å². The van der Waals surface area contributed by atoms with E-state index in [1.165, 1.54) is 0 Å². The molecule has 3 nitrogen and oxygen atoms in total. The minimum absolute atomic E-state index is 0.206. The van der Waals surface area contributed by atoms with Crippen molar-refractivity contribution >= 4 is 11.6 Å². The molecule has 0 spiro atoms. The highest BCUT2D eigenvalue weighted by molar-refractivity contribution is 6.31. The normalized spacial score (nSPS) is 18.3. The minimum atomic E-state index is 0.206. The predicted molar refractivity (Wildman–Crippen MR) is 75.5 cm³/mol. The van der Waals surface area contributed by atoms with Gasteiger partial charge in [-0.25, -0.2) is 4.98 Å². The van der Waals surface area contributed by atoms with Gasteiger partial charge in [-0.3, -0.25) is 0 Å². The second-order valence-electron chi connectivity index (χ2n) is 5.04. The molecule has 0 saturated carbocycles. The number of aromatic nitrogens is 2. The van der Waals surface area contributed by atoms with Crippen molar-refractivity contribution in [1.29, 1.82) is 0 Å². The summed E-state index contributed by atoms with van der Waals surface area (Å²) in [5.74, 6) is 1.28. The van der Waals surface area contributed by atoms with E-state index in [0.29, 0.717) is 0 Å². The number of halogens is 1. The Morgan fingerprint density at radius 1 is 1.37 bits per heavy atom. The maximum Gasteiger partial charge on any atom is 0.113 e. The summed E-state index contributed by atoms with van der Waals surface area (Å²) < 4.78 is 2.24. The lowest BCUT2D eigenvalue weighted by atomic mass is 9.97. The summed E-state index contributed by atoms with van der Waals surface area (Å²) in [7, 11) is 0. The molecule has 3 rings (SSSR count). The maximum absolute atomic E-state index is 9.42. The molecule has 1 aliphatic rings. The van der Waals surface area contributed by atoms with E-state index in [1.807, 2.05) is 30.5 Å². The van der Waals surface area contributed by atoms with Gasteiger partial charge in [-0.05, 0) is 24.5 Å². The topological polar surface area (TPSA) is 38.0 Å². The highest BCUT2D eigenvalue weighted by Crippen LogP contribution is 2.29. The molecule has 1 aliphatic heterocycles. The maximum atomic E-state index is 9.42. The third-order valence-electron chi connectivity index (χ3n) is 3.85. The molecule has 1 aromatic carbocycles. The molecule has 0 aliphatic carbocycles. The first kappa shape index (κ1) is 12.7. The molecule has 0 bridgehead atoms. The zero-order valence-corrected chi connectivity index (χ0v) is 11.5. The first-order valence-corrected chi connectivity index (χ1v) is 7.06. The van der Waals surface area contributed by atoms with Crippen molar-refractivity contribution in [2.75, 3.05) is 6.61 Å². The third-order valence-corrected chi connectivity index (χ3v) is 4.22. The van der Waals surface area contributed by atoms with Crippen LogP contribution in [0.4, 0.5) is 0 Å². The van der Waals surface area contributed by atoms with E-state index in [1.54, 1.807) is 0 Å². The smallest absolute Gasteiger partial charge is 0.113 e. The molecule has 19 heavy (non-hydrogen) atoms. The van der Waals surface area contributed by atoms with Crippen molar-refractivity contribution in [3.8, 4) is 0 Å². The Labute approximate surface area is 117 Å². The fourth-order valence-electron chi connectivity index (χ4n) is 2.79. The van der Waals surface area contributed by atoms with Gasteiger partial charge in [0.15, 0.2) is 0 Å². The van der Waals surface area contributed by atoms with Gasteiger partial charge in [-0.15, -0.1) is 0 Å². The predicted octanol–water partition coefficient (Wildman–Crippen LogP) is 3.00. The van der Waals surface area contributed by atoms with Crippen LogP contribution in [0.1, 0.15) is 35.8 Å². The van der Waals surface area contributed by atoms with Crippen LogP contribution >= 0.6 is 11.6 Å². The molecule has 1 N–H and O–H groups in total. The summed E-state index contributed by atoms with van der Waals surface area (Å²) in [4.78, 5) is 4.53. The highest BCUT2D eigenvalue weighted by atomic mass is 35.5. The Kier molecular flexibility index (Phi) is 3.58. The lowest BCUT2D eigenvalue weighted by molar-refractivity contribution is 0.240. The molecule has 1 aromatic heterocycles. The number of fused-ring (bicyclic) bond motifs is 1. The summed E-state index contributed by atoms with van der Waals surface area (Å²) in [6.07, 6.45) is 4.81. The molecule has 100 valence electrons. The van der Waals surface area contributed by atoms with Crippen LogP contribution in [0.5, 0.6) is 0 Å². The summed E-state index contributed by atoms with van der Waals surface area (Å²) in [5, 5.41) is 10.2. The van der Waals surface area contributed by atoms with E-state index in [4.69, 9.17) is 11.6 Å². The molecule has 4 heteroatoms. The van der Waals surface area contributed by atoms with E-state index < -0.39 is 0 Å². The van der Waals surface area contributed by atoms with Crippen LogP contribution in [0.3, 0.4) is 0 Å². The third kappa shape index (κ3) is 2.40. The molecule has 1 atom stereocenters. The molecular weight excluding hydrogens is 260 g/mol. The molecule has 0 saturated heterocycles. The average molecular weight is 277 g/mol. The van der Waals surface area contributed by atoms with Gasteiger partial charge in [0.25, 0.3) is 0 Å². The van der Waals surface area contributed by atoms with E-state index >= 15 is 0 Å². The average Bonchev–Trinajstić information content (AvgIpc) is 2.84. The van der Waals surface area contributed by atoms with E-state index in [0.717, 1.165) is 47.9 Å². The van der Waals surface area contributed by atoms with Crippen molar-refractivity contribution in [3.63, 3.8) is 0 Å². The Morgan fingerprint density at radius 2 is 2.21 bits per heavy atom. The van der Waals surface area contributed by atoms with Crippen molar-refractivity contribution in [2.45, 2.75) is 31.7 Å². The summed E-state index contributed by atoms with van der Waals surface area (Å²) >= 11 is 6.20. The van der Waals surface area contributed by atoms with E-state index in [9.17, 15) is 5.11 Å². The fraction of sp³-hybridized carbons (Fsp3) is 0.400. The summed E-state index contributed by atoms with van der Waals surface area (Å²) in [6, 6.07) is 7.89. The number of imidazole rings is 1. The van der Waals surface area contributed by atoms with Crippen LogP contribution in [0.2, 0.25) is 5.02 Å². The molecule has 2 heterocycles. The van der Waals surface area contributed by atoms with Crippen molar-refractivity contribution in [1.82, 2.24) is 9.55 Å². The van der Waals surface area contributed by atoms with E-state index in [2.05, 4.69) is 9.55 Å². The second kappa shape index (κ2) is 5.35. The monoisotopic (exact) mass is 276 g/mol. The van der Waals surface area contributed by atoms with Crippen LogP contribution in [0.15, 0.2) is 30.5 Å². The van der Waals surface area contributed by atoms with Crippen LogP contribution in [-0.2, 0) is 13.0 Å². The van der Waals surface area contributed by atoms with Crippen LogP contribution in [0, 0.1) is 0 Å². The van der Waals surface area contributed by atoms with Gasteiger partial charge < -0.3 is 9.67 Å². The molecule has 2 aromatic rings. The van der Waals surface area contributed by atoms with Crippen LogP contribution < -0.4 is 0 Å². The Morgan fingerprint density at radius 3 is 3.00 bits per heavy atom. The SMILES string of the molecule is OCC1CCCn2c1cnc2Cc1ccccc1Cl. The van der Waals surface area contributed by atoms with Crippen LogP contribution in [0.25, 0.3) is 0 Å². The Hall–Kier alpha value is -1.32. The summed E-state index contributed by atoms with van der Waals surface area (Å²) in [5.41, 5.74) is 2.26. The number of aliphatic hydroxyl groups is 1. The molecule has 1 unspecified atom stereocenters. The van der Waals surface area contributed by atoms with Crippen molar-refractivity contribution in [2.24, 2.45) is 0 Å². The first-order valence-electron chi connectivity index (χ1n) is 6.68. The van der Waals surface area contributed by atoms with Gasteiger partial charge >= 0.3 is 0 Å². The molecule has 0 fully saturated rings. The van der Waals surface area contributed by atoms with Gasteiger partial charge in [-0.2, -0.15) is 0 Å². The molecule has 0 radical (unpaired) electrons. The second-order valence-corrected chi connectivity index (χ2v) is 5.45. The lowest BCUT2D eigenvalue weighted by Crippen LogP contribution is -2.19. The van der Waals surface area contributed by atoms with Crippen LogP contribution in [-0.4, -0.2) is 21.3 Å². The van der Waals surface area contributed by atoms with Crippen molar-refractivity contribution in [3.05, 3.63) is 52.6 Å². The number of benzene rings is 1. The highest BCUT2D eigenvalue weighted by Gasteiger charge is 2.22. The number of nitrogens with zero attached hydrogens (tertiary/aromatic N) is 2. The molecular formula is C15H17ClN2O. The van der Waals surface area contributed by atoms with Crippen molar-refractivity contribution < 1.29 is 5.11 Å². The number of hydrogen-bond donors (Lipinski definition) is 1. The summed E-state index contributed by atoms with van der Waals surface area (Å²) in [6.45, 7) is 1.20.